The van der Waals surface area contributed by atoms with E-state index in [0.29, 0.717) is 11.3 Å². The van der Waals surface area contributed by atoms with E-state index in [1.807, 2.05) is 57.2 Å². The monoisotopic (exact) mass is 495 g/mol. The Balaban J connectivity index is 2.53. The number of carbonyl (C=O) groups excluding carboxylic acids is 3. The van der Waals surface area contributed by atoms with Gasteiger partial charge in [0.2, 0.25) is 5.91 Å². The van der Waals surface area contributed by atoms with Crippen LogP contribution in [0.4, 0.5) is 10.5 Å². The van der Waals surface area contributed by atoms with E-state index in [4.69, 9.17) is 4.74 Å². The van der Waals surface area contributed by atoms with Crippen LogP contribution in [0.3, 0.4) is 0 Å². The molecular weight excluding hydrogens is 458 g/mol. The number of carbonyl (C=O) groups is 3. The maximum Gasteiger partial charge on any atom is 0.408 e. The molecule has 0 radical (unpaired) electrons. The van der Waals surface area contributed by atoms with Crippen molar-refractivity contribution in [2.75, 3.05) is 18.5 Å². The van der Waals surface area contributed by atoms with E-state index < -0.39 is 42.2 Å². The van der Waals surface area contributed by atoms with E-state index >= 15 is 0 Å². The van der Waals surface area contributed by atoms with Gasteiger partial charge in [0, 0.05) is 12.2 Å². The fourth-order valence-electron chi connectivity index (χ4n) is 3.90. The molecule has 8 heteroatoms. The summed E-state index contributed by atoms with van der Waals surface area (Å²) in [5.74, 6) is -1.07. The third kappa shape index (κ3) is 7.42. The van der Waals surface area contributed by atoms with Crippen molar-refractivity contribution in [2.45, 2.75) is 59.2 Å². The zero-order valence-electron chi connectivity index (χ0n) is 21.9. The first-order valence-corrected chi connectivity index (χ1v) is 11.8. The largest absolute Gasteiger partial charge is 0.444 e. The molecular formula is C28H37N3O5. The molecule has 0 aromatic heterocycles. The van der Waals surface area contributed by atoms with Gasteiger partial charge in [-0.25, -0.2) is 4.79 Å². The van der Waals surface area contributed by atoms with E-state index in [0.717, 1.165) is 16.7 Å². The Kier molecular flexibility index (Phi) is 9.81. The molecule has 0 aliphatic carbocycles. The fraction of sp³-hybridized carbons (Fsp3) is 0.393. The van der Waals surface area contributed by atoms with Gasteiger partial charge in [0.1, 0.15) is 17.7 Å². The summed E-state index contributed by atoms with van der Waals surface area (Å²) in [6, 6.07) is 10.6. The molecule has 0 fully saturated rings. The maximum atomic E-state index is 13.8. The van der Waals surface area contributed by atoms with Crippen molar-refractivity contribution in [3.8, 4) is 0 Å². The molecule has 0 spiro atoms. The highest BCUT2D eigenvalue weighted by atomic mass is 16.6. The highest BCUT2D eigenvalue weighted by Gasteiger charge is 2.37. The lowest BCUT2D eigenvalue weighted by Crippen LogP contribution is -2.54. The summed E-state index contributed by atoms with van der Waals surface area (Å²) in [6.45, 7) is 13.8. The van der Waals surface area contributed by atoms with Crippen molar-refractivity contribution in [3.05, 3.63) is 77.4 Å². The molecule has 8 nitrogen and oxygen atoms in total. The summed E-state index contributed by atoms with van der Waals surface area (Å²) in [7, 11) is 0. The van der Waals surface area contributed by atoms with Crippen LogP contribution in [0.25, 0.3) is 0 Å². The number of aliphatic hydroxyl groups excluding tert-OH is 1. The second-order valence-corrected chi connectivity index (χ2v) is 9.67. The zero-order valence-corrected chi connectivity index (χ0v) is 21.9. The zero-order chi connectivity index (χ0) is 27.0. The van der Waals surface area contributed by atoms with Crippen LogP contribution >= 0.6 is 0 Å². The number of hydrogen-bond donors (Lipinski definition) is 3. The highest BCUT2D eigenvalue weighted by molar-refractivity contribution is 5.99. The van der Waals surface area contributed by atoms with Crippen molar-refractivity contribution in [2.24, 2.45) is 0 Å². The summed E-state index contributed by atoms with van der Waals surface area (Å²) in [5.41, 5.74) is 3.00. The van der Waals surface area contributed by atoms with E-state index in [1.165, 1.54) is 11.0 Å². The molecule has 3 amide bonds. The van der Waals surface area contributed by atoms with Gasteiger partial charge in [-0.2, -0.15) is 0 Å². The third-order valence-electron chi connectivity index (χ3n) is 5.56. The molecule has 0 aliphatic rings. The first-order chi connectivity index (χ1) is 16.9. The summed E-state index contributed by atoms with van der Waals surface area (Å²) >= 11 is 0. The molecule has 2 unspecified atom stereocenters. The Bertz CT molecular complexity index is 1090. The summed E-state index contributed by atoms with van der Waals surface area (Å²) in [5, 5.41) is 15.4. The number of alkyl carbamates (subject to hydrolysis) is 1. The van der Waals surface area contributed by atoms with E-state index in [-0.39, 0.29) is 6.54 Å². The first kappa shape index (κ1) is 28.6. The van der Waals surface area contributed by atoms with Crippen LogP contribution in [0.1, 0.15) is 49.1 Å². The fourth-order valence-corrected chi connectivity index (χ4v) is 3.90. The van der Waals surface area contributed by atoms with Gasteiger partial charge in [-0.1, -0.05) is 42.5 Å². The van der Waals surface area contributed by atoms with E-state index in [1.54, 1.807) is 26.8 Å². The molecule has 0 aliphatic heterocycles. The highest BCUT2D eigenvalue weighted by Crippen LogP contribution is 2.30. The van der Waals surface area contributed by atoms with Gasteiger partial charge in [-0.3, -0.25) is 9.59 Å². The number of aryl methyl sites for hydroxylation is 3. The van der Waals surface area contributed by atoms with Gasteiger partial charge in [-0.05, 0) is 69.9 Å². The predicted octanol–water partition coefficient (Wildman–Crippen LogP) is 4.19. The van der Waals surface area contributed by atoms with Crippen LogP contribution in [0.15, 0.2) is 55.1 Å². The van der Waals surface area contributed by atoms with Crippen molar-refractivity contribution in [1.82, 2.24) is 10.2 Å². The number of anilines is 1. The van der Waals surface area contributed by atoms with Crippen LogP contribution in [0.5, 0.6) is 0 Å². The Hall–Kier alpha value is -3.65. The Morgan fingerprint density at radius 2 is 1.61 bits per heavy atom. The van der Waals surface area contributed by atoms with E-state index in [9.17, 15) is 19.5 Å². The number of ether oxygens (including phenoxy) is 1. The van der Waals surface area contributed by atoms with Crippen LogP contribution in [-0.4, -0.2) is 52.7 Å². The molecule has 2 aromatic rings. The third-order valence-corrected chi connectivity index (χ3v) is 5.56. The van der Waals surface area contributed by atoms with Crippen molar-refractivity contribution in [1.29, 1.82) is 0 Å². The second kappa shape index (κ2) is 12.4. The van der Waals surface area contributed by atoms with Gasteiger partial charge in [0.05, 0.1) is 6.61 Å². The van der Waals surface area contributed by atoms with Crippen LogP contribution in [0.2, 0.25) is 0 Å². The first-order valence-electron chi connectivity index (χ1n) is 11.8. The average molecular weight is 496 g/mol. The van der Waals surface area contributed by atoms with Crippen molar-refractivity contribution >= 4 is 23.6 Å². The van der Waals surface area contributed by atoms with Gasteiger partial charge >= 0.3 is 6.09 Å². The Labute approximate surface area is 213 Å². The SMILES string of the molecule is C=CCN(C(=O)C(CO)NC(=O)OC(C)(C)C)C(C(=O)Nc1ccccc1C)c1c(C)cccc1C. The lowest BCUT2D eigenvalue weighted by molar-refractivity contribution is -0.141. The predicted molar refractivity (Wildman–Crippen MR) is 141 cm³/mol. The summed E-state index contributed by atoms with van der Waals surface area (Å²) in [6.07, 6.45) is 0.656. The van der Waals surface area contributed by atoms with Crippen molar-refractivity contribution < 1.29 is 24.2 Å². The standard InChI is InChI=1S/C28H37N3O5/c1-8-16-31(26(34)22(17-32)30-27(35)36-28(5,6)7)24(23-19(3)13-11-14-20(23)4)25(33)29-21-15-10-9-12-18(21)2/h8-15,22,24,32H,1,16-17H2,2-7H3,(H,29,33)(H,30,35). The van der Waals surface area contributed by atoms with Crippen LogP contribution in [0, 0.1) is 20.8 Å². The molecule has 0 heterocycles. The minimum absolute atomic E-state index is 0.00493. The Morgan fingerprint density at radius 1 is 1.03 bits per heavy atom. The van der Waals surface area contributed by atoms with Crippen molar-refractivity contribution in [3.63, 3.8) is 0 Å². The number of benzene rings is 2. The Morgan fingerprint density at radius 3 is 2.14 bits per heavy atom. The minimum atomic E-state index is -1.32. The second-order valence-electron chi connectivity index (χ2n) is 9.67. The van der Waals surface area contributed by atoms with Gasteiger partial charge < -0.3 is 25.4 Å². The molecule has 0 bridgehead atoms. The van der Waals surface area contributed by atoms with E-state index in [2.05, 4.69) is 17.2 Å². The van der Waals surface area contributed by atoms with Gasteiger partial charge in [-0.15, -0.1) is 6.58 Å². The topological polar surface area (TPSA) is 108 Å². The lowest BCUT2D eigenvalue weighted by atomic mass is 9.93. The quantitative estimate of drug-likeness (QED) is 0.452. The smallest absolute Gasteiger partial charge is 0.408 e. The molecule has 2 atom stereocenters. The van der Waals surface area contributed by atoms with Gasteiger partial charge in [0.25, 0.3) is 5.91 Å². The number of nitrogens with zero attached hydrogens (tertiary/aromatic N) is 1. The number of aliphatic hydroxyl groups is 1. The number of nitrogens with one attached hydrogen (secondary N) is 2. The normalized spacial score (nSPS) is 12.8. The number of rotatable bonds is 9. The number of para-hydroxylation sites is 1. The molecule has 0 saturated carbocycles. The summed E-state index contributed by atoms with van der Waals surface area (Å²) < 4.78 is 5.25. The average Bonchev–Trinajstić information content (AvgIpc) is 2.78. The van der Waals surface area contributed by atoms with Gasteiger partial charge in [0.15, 0.2) is 0 Å². The number of amides is 3. The number of hydrogen-bond acceptors (Lipinski definition) is 5. The van der Waals surface area contributed by atoms with Crippen LogP contribution < -0.4 is 10.6 Å². The minimum Gasteiger partial charge on any atom is -0.444 e. The molecule has 2 rings (SSSR count). The molecule has 0 saturated heterocycles. The molecule has 36 heavy (non-hydrogen) atoms. The summed E-state index contributed by atoms with van der Waals surface area (Å²) in [4.78, 5) is 41.2. The van der Waals surface area contributed by atoms with Crippen LogP contribution in [-0.2, 0) is 14.3 Å². The lowest BCUT2D eigenvalue weighted by Gasteiger charge is -2.34. The maximum absolute atomic E-state index is 13.8. The molecule has 194 valence electrons. The molecule has 3 N–H and O–H groups in total. The molecule has 2 aromatic carbocycles.